The maximum atomic E-state index is 12.4. The highest BCUT2D eigenvalue weighted by atomic mass is 32.2. The molecule has 32 heavy (non-hydrogen) atoms. The summed E-state index contributed by atoms with van der Waals surface area (Å²) < 4.78 is 11.3. The summed E-state index contributed by atoms with van der Waals surface area (Å²) in [5.41, 5.74) is 1.05. The lowest BCUT2D eigenvalue weighted by atomic mass is 10.0. The van der Waals surface area contributed by atoms with Gasteiger partial charge in [0.2, 0.25) is 0 Å². The van der Waals surface area contributed by atoms with Crippen molar-refractivity contribution in [3.63, 3.8) is 0 Å². The third-order valence-electron chi connectivity index (χ3n) is 5.64. The van der Waals surface area contributed by atoms with Crippen molar-refractivity contribution in [3.8, 4) is 0 Å². The van der Waals surface area contributed by atoms with Gasteiger partial charge in [-0.3, -0.25) is 4.79 Å². The SMILES string of the molecule is CCCCC(CC)COCCC(=O)SC1CCN(c2cccc(C(=O)OC(C)(C)C)c2)C1. The predicted octanol–water partition coefficient (Wildman–Crippen LogP) is 6.10. The molecule has 0 aromatic heterocycles. The van der Waals surface area contributed by atoms with Gasteiger partial charge >= 0.3 is 5.97 Å². The Morgan fingerprint density at radius 2 is 2.03 bits per heavy atom. The molecule has 5 nitrogen and oxygen atoms in total. The monoisotopic (exact) mass is 463 g/mol. The summed E-state index contributed by atoms with van der Waals surface area (Å²) in [6.45, 7) is 13.0. The van der Waals surface area contributed by atoms with Gasteiger partial charge in [0.1, 0.15) is 5.60 Å². The van der Waals surface area contributed by atoms with Crippen LogP contribution in [0.5, 0.6) is 0 Å². The largest absolute Gasteiger partial charge is 0.456 e. The molecule has 0 bridgehead atoms. The van der Waals surface area contributed by atoms with Crippen molar-refractivity contribution in [3.05, 3.63) is 29.8 Å². The van der Waals surface area contributed by atoms with Crippen molar-refractivity contribution in [1.82, 2.24) is 0 Å². The van der Waals surface area contributed by atoms with E-state index in [9.17, 15) is 9.59 Å². The number of carbonyl (C=O) groups excluding carboxylic acids is 2. The Labute approximate surface area is 198 Å². The number of thioether (sulfide) groups is 1. The van der Waals surface area contributed by atoms with Crippen LogP contribution in [-0.4, -0.2) is 48.2 Å². The van der Waals surface area contributed by atoms with Gasteiger partial charge in [0.25, 0.3) is 0 Å². The zero-order valence-corrected chi connectivity index (χ0v) is 21.3. The molecule has 1 aromatic rings. The lowest BCUT2D eigenvalue weighted by Gasteiger charge is -2.21. The molecule has 0 spiro atoms. The van der Waals surface area contributed by atoms with Crippen LogP contribution >= 0.6 is 11.8 Å². The topological polar surface area (TPSA) is 55.8 Å². The van der Waals surface area contributed by atoms with Gasteiger partial charge in [0.15, 0.2) is 5.12 Å². The van der Waals surface area contributed by atoms with Gasteiger partial charge in [-0.15, -0.1) is 0 Å². The van der Waals surface area contributed by atoms with E-state index in [0.29, 0.717) is 24.5 Å². The minimum atomic E-state index is -0.514. The highest BCUT2D eigenvalue weighted by Gasteiger charge is 2.26. The van der Waals surface area contributed by atoms with Gasteiger partial charge in [-0.05, 0) is 57.7 Å². The fourth-order valence-electron chi connectivity index (χ4n) is 3.77. The molecule has 0 radical (unpaired) electrons. The second-order valence-corrected chi connectivity index (χ2v) is 11.0. The van der Waals surface area contributed by atoms with Crippen LogP contribution in [0.1, 0.15) is 83.5 Å². The van der Waals surface area contributed by atoms with Crippen LogP contribution in [0.25, 0.3) is 0 Å². The van der Waals surface area contributed by atoms with Crippen molar-refractivity contribution in [1.29, 1.82) is 0 Å². The Bertz CT molecular complexity index is 731. The molecular weight excluding hydrogens is 422 g/mol. The average molecular weight is 464 g/mol. The molecule has 0 saturated carbocycles. The summed E-state index contributed by atoms with van der Waals surface area (Å²) >= 11 is 1.45. The maximum absolute atomic E-state index is 12.4. The third kappa shape index (κ3) is 9.53. The van der Waals surface area contributed by atoms with Crippen molar-refractivity contribution < 1.29 is 19.1 Å². The van der Waals surface area contributed by atoms with Crippen molar-refractivity contribution in [2.75, 3.05) is 31.2 Å². The second-order valence-electron chi connectivity index (χ2n) is 9.64. The Balaban J connectivity index is 1.75. The Morgan fingerprint density at radius 3 is 2.72 bits per heavy atom. The molecule has 1 aliphatic heterocycles. The van der Waals surface area contributed by atoms with Crippen LogP contribution in [0.3, 0.4) is 0 Å². The molecule has 1 saturated heterocycles. The summed E-state index contributed by atoms with van der Waals surface area (Å²) in [5.74, 6) is 0.303. The Morgan fingerprint density at radius 1 is 1.25 bits per heavy atom. The van der Waals surface area contributed by atoms with Crippen LogP contribution in [0, 0.1) is 5.92 Å². The van der Waals surface area contributed by atoms with Gasteiger partial charge in [-0.25, -0.2) is 4.79 Å². The number of ether oxygens (including phenoxy) is 2. The molecule has 0 aliphatic carbocycles. The Hall–Kier alpha value is -1.53. The summed E-state index contributed by atoms with van der Waals surface area (Å²) in [4.78, 5) is 27.0. The van der Waals surface area contributed by atoms with E-state index in [0.717, 1.165) is 38.2 Å². The summed E-state index contributed by atoms with van der Waals surface area (Å²) in [6.07, 6.45) is 6.24. The van der Waals surface area contributed by atoms with E-state index < -0.39 is 5.60 Å². The summed E-state index contributed by atoms with van der Waals surface area (Å²) in [6, 6.07) is 7.58. The lowest BCUT2D eigenvalue weighted by Crippen LogP contribution is -2.24. The van der Waals surface area contributed by atoms with Gasteiger partial charge < -0.3 is 14.4 Å². The smallest absolute Gasteiger partial charge is 0.338 e. The van der Waals surface area contributed by atoms with Crippen LogP contribution in [0.15, 0.2) is 24.3 Å². The third-order valence-corrected chi connectivity index (χ3v) is 6.82. The summed E-state index contributed by atoms with van der Waals surface area (Å²) in [7, 11) is 0. The molecule has 2 atom stereocenters. The number of rotatable bonds is 12. The zero-order valence-electron chi connectivity index (χ0n) is 20.5. The van der Waals surface area contributed by atoms with E-state index in [1.54, 1.807) is 6.07 Å². The van der Waals surface area contributed by atoms with Gasteiger partial charge in [0, 0.05) is 37.1 Å². The lowest BCUT2D eigenvalue weighted by molar-refractivity contribution is -0.112. The molecule has 180 valence electrons. The van der Waals surface area contributed by atoms with Crippen LogP contribution in [-0.2, 0) is 14.3 Å². The zero-order chi connectivity index (χ0) is 23.6. The molecule has 6 heteroatoms. The van der Waals surface area contributed by atoms with Crippen molar-refractivity contribution in [2.24, 2.45) is 5.92 Å². The van der Waals surface area contributed by atoms with Crippen LogP contribution in [0.4, 0.5) is 5.69 Å². The van der Waals surface area contributed by atoms with Gasteiger partial charge in [-0.2, -0.15) is 0 Å². The number of benzene rings is 1. The van der Waals surface area contributed by atoms with E-state index in [-0.39, 0.29) is 16.3 Å². The summed E-state index contributed by atoms with van der Waals surface area (Å²) in [5, 5.41) is 0.488. The highest BCUT2D eigenvalue weighted by Crippen LogP contribution is 2.29. The van der Waals surface area contributed by atoms with Crippen LogP contribution in [0.2, 0.25) is 0 Å². The number of nitrogens with zero attached hydrogens (tertiary/aromatic N) is 1. The molecule has 1 aromatic carbocycles. The molecule has 1 fully saturated rings. The Kier molecular flexibility index (Phi) is 11.1. The molecule has 1 heterocycles. The van der Waals surface area contributed by atoms with Gasteiger partial charge in [-0.1, -0.05) is 50.9 Å². The van der Waals surface area contributed by atoms with Crippen LogP contribution < -0.4 is 4.90 Å². The fourth-order valence-corrected chi connectivity index (χ4v) is 4.82. The average Bonchev–Trinajstić information content (AvgIpc) is 3.20. The highest BCUT2D eigenvalue weighted by molar-refractivity contribution is 8.14. The quantitative estimate of drug-likeness (QED) is 0.276. The first-order valence-corrected chi connectivity index (χ1v) is 12.9. The van der Waals surface area contributed by atoms with Crippen molar-refractivity contribution >= 4 is 28.5 Å². The van der Waals surface area contributed by atoms with E-state index in [4.69, 9.17) is 9.47 Å². The number of esters is 1. The number of anilines is 1. The molecular formula is C26H41NO4S. The minimum absolute atomic E-state index is 0.209. The second kappa shape index (κ2) is 13.2. The molecule has 2 rings (SSSR count). The van der Waals surface area contributed by atoms with E-state index in [1.165, 1.54) is 31.0 Å². The molecule has 0 N–H and O–H groups in total. The first kappa shape index (κ1) is 26.7. The van der Waals surface area contributed by atoms with E-state index in [2.05, 4.69) is 18.7 Å². The first-order chi connectivity index (χ1) is 15.2. The van der Waals surface area contributed by atoms with E-state index in [1.807, 2.05) is 39.0 Å². The maximum Gasteiger partial charge on any atom is 0.338 e. The van der Waals surface area contributed by atoms with E-state index >= 15 is 0 Å². The normalized spacial score (nSPS) is 17.4. The molecule has 1 aliphatic rings. The number of unbranched alkanes of at least 4 members (excludes halogenated alkanes) is 1. The van der Waals surface area contributed by atoms with Gasteiger partial charge in [0.05, 0.1) is 12.2 Å². The molecule has 0 amide bonds. The molecule has 2 unspecified atom stereocenters. The first-order valence-electron chi connectivity index (χ1n) is 12.1. The number of carbonyl (C=O) groups is 2. The minimum Gasteiger partial charge on any atom is -0.456 e. The predicted molar refractivity (Wildman–Crippen MR) is 134 cm³/mol. The number of hydrogen-bond acceptors (Lipinski definition) is 6. The fraction of sp³-hybridized carbons (Fsp3) is 0.692. The van der Waals surface area contributed by atoms with Crippen molar-refractivity contribution in [2.45, 2.75) is 84.0 Å². The standard InChI is InChI=1S/C26H41NO4S/c1-6-8-10-20(7-2)19-30-16-14-24(28)32-23-13-15-27(18-23)22-12-9-11-21(17-22)25(29)31-26(3,4)5/h9,11-12,17,20,23H,6-8,10,13-16,18-19H2,1-5H3. The number of hydrogen-bond donors (Lipinski definition) is 0.